The number of anilines is 1. The van der Waals surface area contributed by atoms with Gasteiger partial charge in [0, 0.05) is 5.56 Å². The molecular weight excluding hydrogens is 261 g/mol. The van der Waals surface area contributed by atoms with Gasteiger partial charge < -0.3 is 10.8 Å². The fourth-order valence-corrected chi connectivity index (χ4v) is 1.69. The lowest BCUT2D eigenvalue weighted by atomic mass is 10.2. The van der Waals surface area contributed by atoms with Gasteiger partial charge in [0.25, 0.3) is 0 Å². The van der Waals surface area contributed by atoms with Gasteiger partial charge in [0.05, 0.1) is 6.54 Å². The summed E-state index contributed by atoms with van der Waals surface area (Å²) in [5.74, 6) is -1.69. The third-order valence-corrected chi connectivity index (χ3v) is 2.80. The topological polar surface area (TPSA) is 81.1 Å². The number of carboxylic acid groups (broad SMARTS) is 1. The minimum atomic E-state index is -1.28. The van der Waals surface area contributed by atoms with Gasteiger partial charge >= 0.3 is 5.97 Å². The lowest BCUT2D eigenvalue weighted by Crippen LogP contribution is -2.06. The van der Waals surface area contributed by atoms with Crippen LogP contribution in [0.3, 0.4) is 0 Å². The molecule has 0 unspecified atom stereocenters. The van der Waals surface area contributed by atoms with E-state index in [0.29, 0.717) is 5.56 Å². The van der Waals surface area contributed by atoms with Crippen LogP contribution in [0.2, 0.25) is 5.15 Å². The molecule has 0 radical (unpaired) electrons. The molecule has 0 atom stereocenters. The van der Waals surface area contributed by atoms with E-state index in [1.807, 2.05) is 0 Å². The van der Waals surface area contributed by atoms with E-state index in [9.17, 15) is 9.18 Å². The van der Waals surface area contributed by atoms with Crippen molar-refractivity contribution >= 4 is 23.3 Å². The molecule has 0 saturated carbocycles. The second-order valence-electron chi connectivity index (χ2n) is 3.61. The van der Waals surface area contributed by atoms with Crippen molar-refractivity contribution in [2.45, 2.75) is 6.54 Å². The molecule has 0 spiro atoms. The van der Waals surface area contributed by atoms with Crippen molar-refractivity contribution in [2.24, 2.45) is 0 Å². The average Bonchev–Trinajstić information content (AvgIpc) is 2.60. The Hall–Kier alpha value is -2.08. The number of nitrogens with two attached hydrogens (primary N) is 1. The highest BCUT2D eigenvalue weighted by Gasteiger charge is 2.19. The molecule has 7 heteroatoms. The summed E-state index contributed by atoms with van der Waals surface area (Å²) >= 11 is 5.85. The standard InChI is InChI=1S/C11H9ClFN3O2/c12-10-8(14)9(11(17)18)15-16(10)5-6-3-1-2-4-7(6)13/h1-4H,5,14H2,(H,17,18). The highest BCUT2D eigenvalue weighted by Crippen LogP contribution is 2.23. The first-order valence-corrected chi connectivity index (χ1v) is 5.37. The zero-order chi connectivity index (χ0) is 13.3. The Labute approximate surface area is 107 Å². The van der Waals surface area contributed by atoms with E-state index in [1.165, 1.54) is 6.07 Å². The summed E-state index contributed by atoms with van der Waals surface area (Å²) in [7, 11) is 0. The van der Waals surface area contributed by atoms with Gasteiger partial charge in [-0.25, -0.2) is 13.9 Å². The van der Waals surface area contributed by atoms with Crippen LogP contribution in [0.15, 0.2) is 24.3 Å². The summed E-state index contributed by atoms with van der Waals surface area (Å²) in [6, 6.07) is 6.08. The Bertz CT molecular complexity index is 612. The molecule has 2 rings (SSSR count). The fraction of sp³-hybridized carbons (Fsp3) is 0.0909. The molecule has 1 heterocycles. The highest BCUT2D eigenvalue weighted by atomic mass is 35.5. The second kappa shape index (κ2) is 4.66. The minimum absolute atomic E-state index is 0.0169. The van der Waals surface area contributed by atoms with E-state index in [4.69, 9.17) is 22.4 Å². The summed E-state index contributed by atoms with van der Waals surface area (Å²) in [4.78, 5) is 10.8. The Morgan fingerprint density at radius 3 is 2.72 bits per heavy atom. The van der Waals surface area contributed by atoms with Crippen LogP contribution in [0, 0.1) is 5.82 Å². The van der Waals surface area contributed by atoms with Gasteiger partial charge in [-0.2, -0.15) is 5.10 Å². The zero-order valence-electron chi connectivity index (χ0n) is 9.10. The number of carboxylic acids is 1. The maximum Gasteiger partial charge on any atom is 0.358 e. The van der Waals surface area contributed by atoms with Crippen LogP contribution in [0.5, 0.6) is 0 Å². The van der Waals surface area contributed by atoms with Crippen molar-refractivity contribution in [1.29, 1.82) is 0 Å². The van der Waals surface area contributed by atoms with Crippen molar-refractivity contribution in [1.82, 2.24) is 9.78 Å². The predicted octanol–water partition coefficient (Wildman–Crippen LogP) is 2.00. The number of hydrogen-bond acceptors (Lipinski definition) is 3. The number of aromatic nitrogens is 2. The minimum Gasteiger partial charge on any atom is -0.476 e. The van der Waals surface area contributed by atoms with E-state index in [-0.39, 0.29) is 23.1 Å². The number of halogens is 2. The Morgan fingerprint density at radius 1 is 1.50 bits per heavy atom. The summed E-state index contributed by atoms with van der Waals surface area (Å²) < 4.78 is 14.6. The van der Waals surface area contributed by atoms with Crippen molar-refractivity contribution in [3.8, 4) is 0 Å². The smallest absolute Gasteiger partial charge is 0.358 e. The van der Waals surface area contributed by atoms with Crippen LogP contribution >= 0.6 is 11.6 Å². The monoisotopic (exact) mass is 269 g/mol. The summed E-state index contributed by atoms with van der Waals surface area (Å²) in [5.41, 5.74) is 5.39. The fourth-order valence-electron chi connectivity index (χ4n) is 1.51. The normalized spacial score (nSPS) is 10.6. The molecular formula is C11H9ClFN3O2. The van der Waals surface area contributed by atoms with Gasteiger partial charge in [0.1, 0.15) is 11.5 Å². The van der Waals surface area contributed by atoms with E-state index < -0.39 is 11.8 Å². The SMILES string of the molecule is Nc1c(C(=O)O)nn(Cc2ccccc2F)c1Cl. The third-order valence-electron chi connectivity index (χ3n) is 2.41. The second-order valence-corrected chi connectivity index (χ2v) is 3.97. The first-order chi connectivity index (χ1) is 8.50. The number of aromatic carboxylic acids is 1. The van der Waals surface area contributed by atoms with Crippen molar-refractivity contribution in [3.05, 3.63) is 46.5 Å². The number of rotatable bonds is 3. The summed E-state index contributed by atoms with van der Waals surface area (Å²) in [6.07, 6.45) is 0. The molecule has 0 amide bonds. The average molecular weight is 270 g/mol. The Balaban J connectivity index is 2.39. The van der Waals surface area contributed by atoms with Crippen molar-refractivity contribution in [3.63, 3.8) is 0 Å². The van der Waals surface area contributed by atoms with E-state index >= 15 is 0 Å². The van der Waals surface area contributed by atoms with Crippen LogP contribution in [-0.4, -0.2) is 20.9 Å². The van der Waals surface area contributed by atoms with Crippen molar-refractivity contribution in [2.75, 3.05) is 5.73 Å². The number of benzene rings is 1. The molecule has 94 valence electrons. The van der Waals surface area contributed by atoms with Crippen LogP contribution in [0.4, 0.5) is 10.1 Å². The molecule has 3 N–H and O–H groups in total. The largest absolute Gasteiger partial charge is 0.476 e. The first kappa shape index (κ1) is 12.4. The molecule has 1 aromatic heterocycles. The van der Waals surface area contributed by atoms with Gasteiger partial charge in [-0.05, 0) is 6.07 Å². The molecule has 0 aliphatic heterocycles. The maximum absolute atomic E-state index is 13.4. The number of nitrogens with zero attached hydrogens (tertiary/aromatic N) is 2. The molecule has 5 nitrogen and oxygen atoms in total. The van der Waals surface area contributed by atoms with Crippen molar-refractivity contribution < 1.29 is 14.3 Å². The highest BCUT2D eigenvalue weighted by molar-refractivity contribution is 6.32. The van der Waals surface area contributed by atoms with Gasteiger partial charge in [0.15, 0.2) is 10.8 Å². The van der Waals surface area contributed by atoms with Crippen LogP contribution < -0.4 is 5.73 Å². The summed E-state index contributed by atoms with van der Waals surface area (Å²) in [6.45, 7) is 0.0169. The molecule has 0 fully saturated rings. The predicted molar refractivity (Wildman–Crippen MR) is 64.1 cm³/mol. The van der Waals surface area contributed by atoms with Gasteiger partial charge in [0.2, 0.25) is 0 Å². The Morgan fingerprint density at radius 2 is 2.17 bits per heavy atom. The molecule has 2 aromatic rings. The molecule has 0 saturated heterocycles. The molecule has 0 aliphatic rings. The Kier molecular flexibility index (Phi) is 3.20. The first-order valence-electron chi connectivity index (χ1n) is 4.99. The van der Waals surface area contributed by atoms with Crippen LogP contribution in [-0.2, 0) is 6.54 Å². The number of carbonyl (C=O) groups is 1. The maximum atomic E-state index is 13.4. The molecule has 18 heavy (non-hydrogen) atoms. The summed E-state index contributed by atoms with van der Waals surface area (Å²) in [5, 5.41) is 12.6. The quantitative estimate of drug-likeness (QED) is 0.893. The van der Waals surface area contributed by atoms with E-state index in [0.717, 1.165) is 4.68 Å². The van der Waals surface area contributed by atoms with E-state index in [1.54, 1.807) is 18.2 Å². The molecule has 1 aromatic carbocycles. The zero-order valence-corrected chi connectivity index (χ0v) is 9.86. The third kappa shape index (κ3) is 2.14. The lowest BCUT2D eigenvalue weighted by molar-refractivity contribution is 0.0690. The van der Waals surface area contributed by atoms with Gasteiger partial charge in [-0.3, -0.25) is 0 Å². The lowest BCUT2D eigenvalue weighted by Gasteiger charge is -2.04. The molecule has 0 aliphatic carbocycles. The van der Waals surface area contributed by atoms with E-state index in [2.05, 4.69) is 5.10 Å². The van der Waals surface area contributed by atoms with Crippen LogP contribution in [0.25, 0.3) is 0 Å². The van der Waals surface area contributed by atoms with Gasteiger partial charge in [-0.15, -0.1) is 0 Å². The number of hydrogen-bond donors (Lipinski definition) is 2. The van der Waals surface area contributed by atoms with Crippen LogP contribution in [0.1, 0.15) is 16.1 Å². The number of nitrogen functional groups attached to an aromatic ring is 1. The molecule has 0 bridgehead atoms. The van der Waals surface area contributed by atoms with Gasteiger partial charge in [-0.1, -0.05) is 29.8 Å².